The maximum Gasteiger partial charge on any atom is 0.497 e. The van der Waals surface area contributed by atoms with Crippen LogP contribution in [-0.2, 0) is 22.3 Å². The first-order chi connectivity index (χ1) is 13.2. The first-order valence-corrected chi connectivity index (χ1v) is 13.8. The Morgan fingerprint density at radius 1 is 1.03 bits per heavy atom. The number of hydrogen-bond donors (Lipinski definition) is 0. The molecule has 1 fully saturated rings. The first kappa shape index (κ1) is 21.0. The Morgan fingerprint density at radius 3 is 2.24 bits per heavy atom. The summed E-state index contributed by atoms with van der Waals surface area (Å²) in [5.74, 6) is 0.943. The molecule has 29 heavy (non-hydrogen) atoms. The second-order valence-corrected chi connectivity index (χ2v) is 16.0. The molecule has 0 amide bonds. The van der Waals surface area contributed by atoms with Gasteiger partial charge in [0, 0.05) is 28.6 Å². The Kier molecular flexibility index (Phi) is 4.62. The minimum atomic E-state index is -1.94. The zero-order valence-electron chi connectivity index (χ0n) is 19.6. The maximum absolute atomic E-state index is 6.70. The Morgan fingerprint density at radius 2 is 1.66 bits per heavy atom. The van der Waals surface area contributed by atoms with Crippen molar-refractivity contribution in [3.63, 3.8) is 0 Å². The first-order valence-electron chi connectivity index (χ1n) is 10.9. The summed E-state index contributed by atoms with van der Waals surface area (Å²) in [5.41, 5.74) is 3.03. The lowest BCUT2D eigenvalue weighted by atomic mass is 9.77. The highest BCUT2D eigenvalue weighted by molar-refractivity contribution is 6.74. The van der Waals surface area contributed by atoms with Gasteiger partial charge >= 0.3 is 7.12 Å². The SMILES string of the molecule is CC1(C)OB(c2cc(O[Si](C)(C)C(C)(C)C)cc3cc4n(c23)CCC4)OC1(C)C. The molecule has 1 aromatic heterocycles. The summed E-state index contributed by atoms with van der Waals surface area (Å²) in [5, 5.41) is 1.38. The zero-order chi connectivity index (χ0) is 21.4. The van der Waals surface area contributed by atoms with Crippen LogP contribution in [0.15, 0.2) is 18.2 Å². The third-order valence-corrected chi connectivity index (χ3v) is 11.9. The van der Waals surface area contributed by atoms with Gasteiger partial charge in [0.2, 0.25) is 8.32 Å². The summed E-state index contributed by atoms with van der Waals surface area (Å²) < 4.78 is 22.1. The summed E-state index contributed by atoms with van der Waals surface area (Å²) in [6.45, 7) is 20.9. The van der Waals surface area contributed by atoms with Crippen LogP contribution in [0.25, 0.3) is 10.9 Å². The number of benzene rings is 1. The van der Waals surface area contributed by atoms with Crippen LogP contribution < -0.4 is 9.89 Å². The molecule has 4 nitrogen and oxygen atoms in total. The fraction of sp³-hybridized carbons (Fsp3) is 0.652. The summed E-state index contributed by atoms with van der Waals surface area (Å²) in [6.07, 6.45) is 2.34. The number of hydrogen-bond acceptors (Lipinski definition) is 3. The van der Waals surface area contributed by atoms with E-state index < -0.39 is 8.32 Å². The standard InChI is InChI=1S/C23H36BNO3Si/c1-21(2,3)29(8,9)26-18-14-16-13-17-11-10-12-25(17)20(16)19(15-18)24-27-22(4,5)23(6,7)28-24/h13-15H,10-12H2,1-9H3. The molecule has 0 unspecified atom stereocenters. The molecule has 0 radical (unpaired) electrons. The molecule has 2 aliphatic rings. The van der Waals surface area contributed by atoms with E-state index in [1.165, 1.54) is 23.0 Å². The topological polar surface area (TPSA) is 32.6 Å². The van der Waals surface area contributed by atoms with E-state index in [2.05, 4.69) is 84.3 Å². The average Bonchev–Trinajstić information content (AvgIpc) is 3.16. The Hall–Kier alpha value is -1.24. The van der Waals surface area contributed by atoms with Crippen molar-refractivity contribution in [2.45, 2.75) is 97.2 Å². The van der Waals surface area contributed by atoms with Gasteiger partial charge in [-0.1, -0.05) is 20.8 Å². The molecule has 2 aliphatic heterocycles. The van der Waals surface area contributed by atoms with Crippen molar-refractivity contribution in [2.75, 3.05) is 0 Å². The number of aryl methyl sites for hydroxylation is 2. The monoisotopic (exact) mass is 413 g/mol. The van der Waals surface area contributed by atoms with E-state index in [1.807, 2.05) is 0 Å². The fourth-order valence-electron chi connectivity index (χ4n) is 4.01. The Balaban J connectivity index is 1.84. The van der Waals surface area contributed by atoms with E-state index in [4.69, 9.17) is 13.7 Å². The van der Waals surface area contributed by atoms with E-state index in [-0.39, 0.29) is 23.4 Å². The number of rotatable bonds is 3. The summed E-state index contributed by atoms with van der Waals surface area (Å²) in [6, 6.07) is 6.72. The van der Waals surface area contributed by atoms with Crippen LogP contribution in [0.3, 0.4) is 0 Å². The van der Waals surface area contributed by atoms with E-state index in [0.29, 0.717) is 0 Å². The molecule has 1 saturated heterocycles. The second kappa shape index (κ2) is 6.38. The molecule has 6 heteroatoms. The third-order valence-electron chi connectivity index (χ3n) is 7.58. The van der Waals surface area contributed by atoms with Crippen LogP contribution in [0.2, 0.25) is 18.1 Å². The lowest BCUT2D eigenvalue weighted by Gasteiger charge is -2.36. The lowest BCUT2D eigenvalue weighted by molar-refractivity contribution is 0.00578. The predicted molar refractivity (Wildman–Crippen MR) is 124 cm³/mol. The summed E-state index contributed by atoms with van der Waals surface area (Å²) in [4.78, 5) is 0. The van der Waals surface area contributed by atoms with Gasteiger partial charge in [0.1, 0.15) is 5.75 Å². The molecular formula is C23H36BNO3Si. The third kappa shape index (κ3) is 3.37. The molecule has 0 bridgehead atoms. The Labute approximate surface area is 177 Å². The van der Waals surface area contributed by atoms with Crippen LogP contribution >= 0.6 is 0 Å². The van der Waals surface area contributed by atoms with Crippen LogP contribution in [0.1, 0.15) is 60.6 Å². The van der Waals surface area contributed by atoms with Gasteiger partial charge in [-0.25, -0.2) is 0 Å². The van der Waals surface area contributed by atoms with Crippen molar-refractivity contribution in [1.29, 1.82) is 0 Å². The normalized spacial score (nSPS) is 21.1. The minimum Gasteiger partial charge on any atom is -0.543 e. The van der Waals surface area contributed by atoms with Crippen molar-refractivity contribution in [1.82, 2.24) is 4.57 Å². The van der Waals surface area contributed by atoms with Crippen molar-refractivity contribution in [3.05, 3.63) is 23.9 Å². The molecule has 0 N–H and O–H groups in total. The van der Waals surface area contributed by atoms with Crippen LogP contribution in [0, 0.1) is 0 Å². The van der Waals surface area contributed by atoms with Gasteiger partial charge in [-0.05, 0) is 76.9 Å². The molecule has 3 heterocycles. The van der Waals surface area contributed by atoms with Crippen molar-refractivity contribution >= 4 is 31.8 Å². The average molecular weight is 413 g/mol. The minimum absolute atomic E-state index is 0.148. The highest BCUT2D eigenvalue weighted by Gasteiger charge is 2.52. The van der Waals surface area contributed by atoms with Crippen molar-refractivity contribution in [3.8, 4) is 5.75 Å². The van der Waals surface area contributed by atoms with Crippen molar-refractivity contribution in [2.24, 2.45) is 0 Å². The molecule has 2 aromatic rings. The zero-order valence-corrected chi connectivity index (χ0v) is 20.6. The molecular weight excluding hydrogens is 377 g/mol. The molecule has 158 valence electrons. The van der Waals surface area contributed by atoms with Crippen molar-refractivity contribution < 1.29 is 13.7 Å². The number of nitrogens with zero attached hydrogens (tertiary/aromatic N) is 1. The van der Waals surface area contributed by atoms with E-state index in [1.54, 1.807) is 0 Å². The van der Waals surface area contributed by atoms with E-state index in [9.17, 15) is 0 Å². The quantitative estimate of drug-likeness (QED) is 0.643. The molecule has 0 atom stereocenters. The highest BCUT2D eigenvalue weighted by atomic mass is 28.4. The smallest absolute Gasteiger partial charge is 0.497 e. The number of fused-ring (bicyclic) bond motifs is 3. The second-order valence-electron chi connectivity index (χ2n) is 11.3. The van der Waals surface area contributed by atoms with Crippen LogP contribution in [0.5, 0.6) is 5.75 Å². The predicted octanol–water partition coefficient (Wildman–Crippen LogP) is 5.27. The summed E-state index contributed by atoms with van der Waals surface area (Å²) in [7, 11) is -2.33. The molecule has 4 rings (SSSR count). The summed E-state index contributed by atoms with van der Waals surface area (Å²) >= 11 is 0. The molecule has 0 saturated carbocycles. The maximum atomic E-state index is 6.70. The van der Waals surface area contributed by atoms with Gasteiger partial charge in [-0.2, -0.15) is 0 Å². The fourth-order valence-corrected chi connectivity index (χ4v) is 5.02. The van der Waals surface area contributed by atoms with Gasteiger partial charge in [-0.15, -0.1) is 0 Å². The van der Waals surface area contributed by atoms with Gasteiger partial charge in [0.15, 0.2) is 0 Å². The van der Waals surface area contributed by atoms with E-state index in [0.717, 1.165) is 24.2 Å². The van der Waals surface area contributed by atoms with Gasteiger partial charge in [0.05, 0.1) is 11.2 Å². The van der Waals surface area contributed by atoms with E-state index >= 15 is 0 Å². The van der Waals surface area contributed by atoms with Gasteiger partial charge < -0.3 is 18.3 Å². The molecule has 1 aromatic carbocycles. The lowest BCUT2D eigenvalue weighted by Crippen LogP contribution is -2.44. The van der Waals surface area contributed by atoms with Crippen LogP contribution in [0.4, 0.5) is 0 Å². The van der Waals surface area contributed by atoms with Gasteiger partial charge in [0.25, 0.3) is 0 Å². The largest absolute Gasteiger partial charge is 0.543 e. The highest BCUT2D eigenvalue weighted by Crippen LogP contribution is 2.40. The van der Waals surface area contributed by atoms with Gasteiger partial charge in [-0.3, -0.25) is 0 Å². The molecule has 0 spiro atoms. The number of aromatic nitrogens is 1. The molecule has 0 aliphatic carbocycles. The van der Waals surface area contributed by atoms with Crippen LogP contribution in [-0.4, -0.2) is 31.2 Å². The Bertz CT molecular complexity index is 939.